The second-order valence-corrected chi connectivity index (χ2v) is 7.52. The van der Waals surface area contributed by atoms with Gasteiger partial charge in [-0.2, -0.15) is 0 Å². The molecule has 4 aromatic rings. The summed E-state index contributed by atoms with van der Waals surface area (Å²) in [5, 5.41) is 0.623. The van der Waals surface area contributed by atoms with Crippen molar-refractivity contribution < 1.29 is 9.21 Å². The number of pyridine rings is 1. The van der Waals surface area contributed by atoms with Crippen molar-refractivity contribution in [3.8, 4) is 0 Å². The largest absolute Gasteiger partial charge is 0.444 e. The summed E-state index contributed by atoms with van der Waals surface area (Å²) >= 11 is 4.73. The number of rotatable bonds is 4. The molecular formula is C19H14BrN3O2S. The smallest absolute Gasteiger partial charge is 0.296 e. The first-order chi connectivity index (χ1) is 12.6. The molecule has 3 heterocycles. The van der Waals surface area contributed by atoms with Crippen molar-refractivity contribution in [3.05, 3.63) is 76.4 Å². The Labute approximate surface area is 162 Å². The zero-order chi connectivity index (χ0) is 18.1. The number of furan rings is 1. The van der Waals surface area contributed by atoms with Crippen molar-refractivity contribution in [3.63, 3.8) is 0 Å². The predicted molar refractivity (Wildman–Crippen MR) is 106 cm³/mol. The van der Waals surface area contributed by atoms with Crippen LogP contribution in [0.15, 0.2) is 63.8 Å². The van der Waals surface area contributed by atoms with Gasteiger partial charge in [-0.1, -0.05) is 29.5 Å². The Morgan fingerprint density at radius 3 is 2.77 bits per heavy atom. The Morgan fingerprint density at radius 2 is 2.08 bits per heavy atom. The standard InChI is InChI=1S/C19H14BrN3O2S/c1-12-5-4-7-15-17(12)22-19(26-15)23(11-13-6-2-3-10-21-13)18(24)14-8-9-16(20)25-14/h2-10H,11H2,1H3. The third-order valence-corrected chi connectivity index (χ3v) is 5.39. The molecule has 0 aliphatic heterocycles. The van der Waals surface area contributed by atoms with Gasteiger partial charge in [-0.15, -0.1) is 0 Å². The number of amides is 1. The van der Waals surface area contributed by atoms with Gasteiger partial charge in [0.05, 0.1) is 22.5 Å². The summed E-state index contributed by atoms with van der Waals surface area (Å²) in [6, 6.07) is 15.0. The van der Waals surface area contributed by atoms with Crippen molar-refractivity contribution in [1.82, 2.24) is 9.97 Å². The average Bonchev–Trinajstić information content (AvgIpc) is 3.27. The van der Waals surface area contributed by atoms with Crippen molar-refractivity contribution in [2.45, 2.75) is 13.5 Å². The lowest BCUT2D eigenvalue weighted by atomic mass is 10.2. The van der Waals surface area contributed by atoms with E-state index in [1.165, 1.54) is 11.3 Å². The maximum atomic E-state index is 13.1. The van der Waals surface area contributed by atoms with Crippen molar-refractivity contribution in [1.29, 1.82) is 0 Å². The maximum Gasteiger partial charge on any atom is 0.296 e. The number of aryl methyl sites for hydroxylation is 1. The van der Waals surface area contributed by atoms with Crippen LogP contribution in [0.2, 0.25) is 0 Å². The third-order valence-electron chi connectivity index (χ3n) is 3.92. The number of carbonyl (C=O) groups is 1. The minimum Gasteiger partial charge on any atom is -0.444 e. The number of hydrogen-bond donors (Lipinski definition) is 0. The summed E-state index contributed by atoms with van der Waals surface area (Å²) in [5.74, 6) is 0.00171. The second kappa shape index (κ2) is 7.01. The van der Waals surface area contributed by atoms with Gasteiger partial charge in [0.15, 0.2) is 15.6 Å². The fourth-order valence-electron chi connectivity index (χ4n) is 2.63. The molecule has 4 rings (SSSR count). The van der Waals surface area contributed by atoms with E-state index in [2.05, 4.69) is 20.9 Å². The van der Waals surface area contributed by atoms with Gasteiger partial charge in [0.25, 0.3) is 5.91 Å². The van der Waals surface area contributed by atoms with Crippen LogP contribution in [0.4, 0.5) is 5.13 Å². The van der Waals surface area contributed by atoms with Crippen LogP contribution in [0.3, 0.4) is 0 Å². The molecule has 7 heteroatoms. The van der Waals surface area contributed by atoms with E-state index in [-0.39, 0.29) is 11.7 Å². The lowest BCUT2D eigenvalue weighted by Gasteiger charge is -2.18. The summed E-state index contributed by atoms with van der Waals surface area (Å²) in [5.41, 5.74) is 2.77. The van der Waals surface area contributed by atoms with Crippen molar-refractivity contribution >= 4 is 48.5 Å². The normalized spacial score (nSPS) is 11.0. The van der Waals surface area contributed by atoms with E-state index in [0.717, 1.165) is 21.5 Å². The molecule has 0 saturated carbocycles. The van der Waals surface area contributed by atoms with Gasteiger partial charge < -0.3 is 4.42 Å². The summed E-state index contributed by atoms with van der Waals surface area (Å²) in [7, 11) is 0. The van der Waals surface area contributed by atoms with E-state index in [4.69, 9.17) is 9.40 Å². The number of aromatic nitrogens is 2. The van der Waals surface area contributed by atoms with E-state index in [1.54, 1.807) is 23.2 Å². The van der Waals surface area contributed by atoms with Gasteiger partial charge in [-0.25, -0.2) is 4.98 Å². The number of halogens is 1. The molecule has 1 amide bonds. The van der Waals surface area contributed by atoms with Crippen LogP contribution < -0.4 is 4.90 Å². The lowest BCUT2D eigenvalue weighted by Crippen LogP contribution is -2.30. The first-order valence-corrected chi connectivity index (χ1v) is 9.56. The molecule has 0 saturated heterocycles. The fraction of sp³-hybridized carbons (Fsp3) is 0.105. The number of thiazole rings is 1. The quantitative estimate of drug-likeness (QED) is 0.448. The van der Waals surface area contributed by atoms with Crippen LogP contribution in [0.5, 0.6) is 0 Å². The van der Waals surface area contributed by atoms with Crippen LogP contribution in [0, 0.1) is 6.92 Å². The molecule has 130 valence electrons. The molecule has 0 spiro atoms. The predicted octanol–water partition coefficient (Wildman–Crippen LogP) is 5.20. The van der Waals surface area contributed by atoms with Gasteiger partial charge in [0.1, 0.15) is 0 Å². The summed E-state index contributed by atoms with van der Waals surface area (Å²) in [6.45, 7) is 2.33. The van der Waals surface area contributed by atoms with Crippen LogP contribution in [0.1, 0.15) is 21.8 Å². The Hall–Kier alpha value is -2.51. The molecular weight excluding hydrogens is 414 g/mol. The SMILES string of the molecule is Cc1cccc2sc(N(Cc3ccccn3)C(=O)c3ccc(Br)o3)nc12. The van der Waals surface area contributed by atoms with E-state index in [1.807, 2.05) is 43.3 Å². The van der Waals surface area contributed by atoms with Crippen LogP contribution >= 0.6 is 27.3 Å². The highest BCUT2D eigenvalue weighted by atomic mass is 79.9. The number of carbonyl (C=O) groups excluding carboxylic acids is 1. The first kappa shape index (κ1) is 16.9. The zero-order valence-corrected chi connectivity index (χ0v) is 16.3. The number of nitrogens with zero attached hydrogens (tertiary/aromatic N) is 3. The molecule has 0 fully saturated rings. The average molecular weight is 428 g/mol. The number of anilines is 1. The molecule has 5 nitrogen and oxygen atoms in total. The highest BCUT2D eigenvalue weighted by molar-refractivity contribution is 9.10. The van der Waals surface area contributed by atoms with E-state index >= 15 is 0 Å². The molecule has 1 aromatic carbocycles. The molecule has 0 aliphatic carbocycles. The van der Waals surface area contributed by atoms with Gasteiger partial charge >= 0.3 is 0 Å². The number of hydrogen-bond acceptors (Lipinski definition) is 5. The minimum absolute atomic E-state index is 0.252. The summed E-state index contributed by atoms with van der Waals surface area (Å²) in [6.07, 6.45) is 1.71. The summed E-state index contributed by atoms with van der Waals surface area (Å²) in [4.78, 5) is 23.7. The minimum atomic E-state index is -0.252. The zero-order valence-electron chi connectivity index (χ0n) is 13.8. The highest BCUT2D eigenvalue weighted by Gasteiger charge is 2.24. The number of benzene rings is 1. The molecule has 0 atom stereocenters. The Morgan fingerprint density at radius 1 is 1.19 bits per heavy atom. The van der Waals surface area contributed by atoms with Crippen LogP contribution in [-0.4, -0.2) is 15.9 Å². The fourth-order valence-corrected chi connectivity index (χ4v) is 3.98. The lowest BCUT2D eigenvalue weighted by molar-refractivity contribution is 0.0957. The maximum absolute atomic E-state index is 13.1. The molecule has 0 N–H and O–H groups in total. The Bertz CT molecular complexity index is 1070. The third kappa shape index (κ3) is 3.27. The van der Waals surface area contributed by atoms with Gasteiger partial charge in [-0.3, -0.25) is 14.7 Å². The van der Waals surface area contributed by atoms with E-state index in [0.29, 0.717) is 16.3 Å². The first-order valence-electron chi connectivity index (χ1n) is 7.95. The summed E-state index contributed by atoms with van der Waals surface area (Å²) < 4.78 is 7.02. The molecule has 0 unspecified atom stereocenters. The monoisotopic (exact) mass is 427 g/mol. The van der Waals surface area contributed by atoms with Gasteiger partial charge in [0.2, 0.25) is 0 Å². The molecule has 0 bridgehead atoms. The highest BCUT2D eigenvalue weighted by Crippen LogP contribution is 2.32. The molecule has 0 aliphatic rings. The van der Waals surface area contributed by atoms with Gasteiger partial charge in [0, 0.05) is 6.20 Å². The van der Waals surface area contributed by atoms with E-state index in [9.17, 15) is 4.79 Å². The molecule has 26 heavy (non-hydrogen) atoms. The Balaban J connectivity index is 1.78. The number of fused-ring (bicyclic) bond motifs is 1. The van der Waals surface area contributed by atoms with Crippen LogP contribution in [-0.2, 0) is 6.54 Å². The van der Waals surface area contributed by atoms with E-state index < -0.39 is 0 Å². The Kier molecular flexibility index (Phi) is 4.57. The number of para-hydroxylation sites is 1. The molecule has 3 aromatic heterocycles. The molecule has 0 radical (unpaired) electrons. The topological polar surface area (TPSA) is 59.2 Å². The van der Waals surface area contributed by atoms with Crippen LogP contribution in [0.25, 0.3) is 10.2 Å². The van der Waals surface area contributed by atoms with Crippen molar-refractivity contribution in [2.75, 3.05) is 4.90 Å². The van der Waals surface area contributed by atoms with Gasteiger partial charge in [-0.05, 0) is 58.7 Å². The second-order valence-electron chi connectivity index (χ2n) is 5.73. The van der Waals surface area contributed by atoms with Crippen molar-refractivity contribution in [2.24, 2.45) is 0 Å².